The highest BCUT2D eigenvalue weighted by Crippen LogP contribution is 2.36. The number of thiophene rings is 1. The number of nitrogens with two attached hydrogens (primary N) is 1. The van der Waals surface area contributed by atoms with E-state index < -0.39 is 24.3 Å². The maximum absolute atomic E-state index is 13.0. The molecule has 1 amide bonds. The zero-order valence-corrected chi connectivity index (χ0v) is 20.4. The van der Waals surface area contributed by atoms with Crippen LogP contribution in [-0.2, 0) is 22.4 Å². The zero-order chi connectivity index (χ0) is 25.3. The van der Waals surface area contributed by atoms with Gasteiger partial charge in [0, 0.05) is 28.1 Å². The number of hydrogen-bond donors (Lipinski definition) is 2. The third-order valence-corrected chi connectivity index (χ3v) is 6.77. The molecule has 0 aliphatic carbocycles. The van der Waals surface area contributed by atoms with Crippen LogP contribution in [0.4, 0.5) is 0 Å². The van der Waals surface area contributed by atoms with Crippen LogP contribution in [0.2, 0.25) is 0 Å². The van der Waals surface area contributed by atoms with Gasteiger partial charge in [-0.3, -0.25) is 9.59 Å². The smallest absolute Gasteiger partial charge is 0.341 e. The van der Waals surface area contributed by atoms with Crippen LogP contribution in [0.1, 0.15) is 44.7 Å². The number of primary amides is 1. The van der Waals surface area contributed by atoms with Crippen LogP contribution in [0.3, 0.4) is 0 Å². The van der Waals surface area contributed by atoms with E-state index in [1.807, 2.05) is 25.1 Å². The first-order chi connectivity index (χ1) is 16.7. The molecule has 0 aliphatic heterocycles. The van der Waals surface area contributed by atoms with Crippen molar-refractivity contribution in [1.29, 1.82) is 0 Å². The number of benzene rings is 1. The molecule has 0 radical (unpaired) electrons. The lowest BCUT2D eigenvalue weighted by Gasteiger charge is -2.12. The maximum atomic E-state index is 13.0. The number of aryl methyl sites for hydroxylation is 2. The Kier molecular flexibility index (Phi) is 6.70. The fourth-order valence-electron chi connectivity index (χ4n) is 4.32. The molecule has 3 aromatic heterocycles. The summed E-state index contributed by atoms with van der Waals surface area (Å²) in [6.07, 6.45) is 2.67. The molecule has 3 heterocycles. The molecule has 0 aliphatic rings. The second-order valence-corrected chi connectivity index (χ2v) is 9.47. The normalized spacial score (nSPS) is 11.1. The van der Waals surface area contributed by atoms with Gasteiger partial charge in [-0.05, 0) is 49.1 Å². The third-order valence-electron chi connectivity index (χ3n) is 5.73. The molecule has 35 heavy (non-hydrogen) atoms. The fraction of sp³-hybridized carbons (Fsp3) is 0.231. The average molecular weight is 492 g/mol. The van der Waals surface area contributed by atoms with E-state index in [4.69, 9.17) is 15.6 Å². The lowest BCUT2D eigenvalue weighted by molar-refractivity contribution is -0.139. The number of nitrogens with zero attached hydrogens (tertiary/aromatic N) is 2. The molecular weight excluding hydrogens is 466 g/mol. The Morgan fingerprint density at radius 3 is 2.51 bits per heavy atom. The Morgan fingerprint density at radius 1 is 1.14 bits per heavy atom. The second kappa shape index (κ2) is 9.71. The minimum Gasteiger partial charge on any atom is -0.479 e. The number of carboxylic acid groups (broad SMARTS) is 1. The van der Waals surface area contributed by atoms with Crippen molar-refractivity contribution >= 4 is 34.5 Å². The number of fused-ring (bicyclic) bond motifs is 1. The van der Waals surface area contributed by atoms with Crippen LogP contribution in [0.5, 0.6) is 5.88 Å². The molecule has 1 aromatic carbocycles. The lowest BCUT2D eigenvalue weighted by Crippen LogP contribution is -2.24. The van der Waals surface area contributed by atoms with E-state index in [1.54, 1.807) is 28.9 Å². The monoisotopic (exact) mass is 491 g/mol. The van der Waals surface area contributed by atoms with Crippen LogP contribution < -0.4 is 10.5 Å². The summed E-state index contributed by atoms with van der Waals surface area (Å²) in [6.45, 7) is 5.06. The van der Waals surface area contributed by atoms with Crippen molar-refractivity contribution in [1.82, 2.24) is 9.38 Å². The minimum absolute atomic E-state index is 0.0277. The van der Waals surface area contributed by atoms with Crippen molar-refractivity contribution in [2.45, 2.75) is 33.6 Å². The number of amides is 1. The predicted molar refractivity (Wildman–Crippen MR) is 133 cm³/mol. The molecule has 0 spiro atoms. The molecule has 0 bridgehead atoms. The topological polar surface area (TPSA) is 124 Å². The average Bonchev–Trinajstić information content (AvgIpc) is 3.38. The molecule has 4 rings (SSSR count). The van der Waals surface area contributed by atoms with E-state index >= 15 is 0 Å². The molecule has 9 heteroatoms. The second-order valence-electron chi connectivity index (χ2n) is 8.18. The maximum Gasteiger partial charge on any atom is 0.341 e. The van der Waals surface area contributed by atoms with Crippen molar-refractivity contribution in [3.8, 4) is 16.3 Å². The van der Waals surface area contributed by atoms with Gasteiger partial charge < -0.3 is 20.0 Å². The summed E-state index contributed by atoms with van der Waals surface area (Å²) in [6, 6.07) is 12.2. The van der Waals surface area contributed by atoms with Gasteiger partial charge >= 0.3 is 5.97 Å². The predicted octanol–water partition coefficient (Wildman–Crippen LogP) is 3.96. The first-order valence-corrected chi connectivity index (χ1v) is 11.9. The molecule has 0 saturated carbocycles. The van der Waals surface area contributed by atoms with Crippen LogP contribution in [0.25, 0.3) is 16.0 Å². The van der Waals surface area contributed by atoms with Crippen LogP contribution >= 0.6 is 11.3 Å². The van der Waals surface area contributed by atoms with Crippen LogP contribution in [-0.4, -0.2) is 38.8 Å². The zero-order valence-electron chi connectivity index (χ0n) is 19.6. The molecule has 0 atom stereocenters. The summed E-state index contributed by atoms with van der Waals surface area (Å²) >= 11 is 1.70. The number of Topliss-reactive ketones (excluding diaryl/α,β-unsaturated/α-hetero) is 1. The first kappa shape index (κ1) is 24.2. The van der Waals surface area contributed by atoms with E-state index in [0.717, 1.165) is 21.7 Å². The molecule has 4 aromatic rings. The Hall–Kier alpha value is -3.98. The number of aliphatic carboxylic acids is 1. The quantitative estimate of drug-likeness (QED) is 0.270. The number of carboxylic acids is 1. The molecule has 0 saturated heterocycles. The van der Waals surface area contributed by atoms with Crippen LogP contribution in [0, 0.1) is 13.8 Å². The Balaban J connectivity index is 1.98. The minimum atomic E-state index is -1.18. The van der Waals surface area contributed by atoms with Gasteiger partial charge in [-0.2, -0.15) is 0 Å². The number of hydrogen-bond acceptors (Lipinski definition) is 6. The number of ether oxygens (including phenoxy) is 1. The summed E-state index contributed by atoms with van der Waals surface area (Å²) < 4.78 is 7.24. The summed E-state index contributed by atoms with van der Waals surface area (Å²) in [5.41, 5.74) is 9.88. The lowest BCUT2D eigenvalue weighted by atomic mass is 9.96. The third kappa shape index (κ3) is 4.67. The van der Waals surface area contributed by atoms with Crippen molar-refractivity contribution in [2.24, 2.45) is 5.73 Å². The summed E-state index contributed by atoms with van der Waals surface area (Å²) in [4.78, 5) is 42.8. The number of aromatic nitrogens is 2. The van der Waals surface area contributed by atoms with Gasteiger partial charge in [-0.1, -0.05) is 31.2 Å². The fourth-order valence-corrected chi connectivity index (χ4v) is 5.24. The molecule has 0 unspecified atom stereocenters. The number of carbonyl (C=O) groups is 3. The van der Waals surface area contributed by atoms with Gasteiger partial charge in [0.2, 0.25) is 5.88 Å². The van der Waals surface area contributed by atoms with Gasteiger partial charge in [0.1, 0.15) is 5.52 Å². The van der Waals surface area contributed by atoms with E-state index in [9.17, 15) is 14.4 Å². The molecule has 3 N–H and O–H groups in total. The summed E-state index contributed by atoms with van der Waals surface area (Å²) in [5, 5.41) is 9.12. The van der Waals surface area contributed by atoms with Gasteiger partial charge in [-0.15, -0.1) is 11.3 Å². The van der Waals surface area contributed by atoms with E-state index in [2.05, 4.69) is 30.1 Å². The van der Waals surface area contributed by atoms with Gasteiger partial charge in [0.15, 0.2) is 6.61 Å². The van der Waals surface area contributed by atoms with Gasteiger partial charge in [0.25, 0.3) is 11.7 Å². The number of carbonyl (C=O) groups excluding carboxylic acids is 2. The number of rotatable bonds is 9. The highest BCUT2D eigenvalue weighted by atomic mass is 32.1. The largest absolute Gasteiger partial charge is 0.479 e. The summed E-state index contributed by atoms with van der Waals surface area (Å²) in [7, 11) is 0. The van der Waals surface area contributed by atoms with Gasteiger partial charge in [0.05, 0.1) is 11.3 Å². The Bertz CT molecular complexity index is 1470. The Labute approximate surface area is 206 Å². The highest BCUT2D eigenvalue weighted by Gasteiger charge is 2.29. The van der Waals surface area contributed by atoms with E-state index in [-0.39, 0.29) is 17.0 Å². The van der Waals surface area contributed by atoms with Crippen molar-refractivity contribution < 1.29 is 24.2 Å². The van der Waals surface area contributed by atoms with Crippen molar-refractivity contribution in [3.05, 3.63) is 75.6 Å². The van der Waals surface area contributed by atoms with Crippen LogP contribution in [0.15, 0.2) is 42.6 Å². The highest BCUT2D eigenvalue weighted by molar-refractivity contribution is 7.15. The first-order valence-electron chi connectivity index (χ1n) is 11.1. The van der Waals surface area contributed by atoms with Crippen molar-refractivity contribution in [2.75, 3.05) is 6.61 Å². The van der Waals surface area contributed by atoms with E-state index in [1.165, 1.54) is 4.88 Å². The standard InChI is InChI=1S/C26H25N3O5S/c1-4-17-19(11-16-7-5-6-8-18(16)20-10-9-15(3)35-20)29-12-14(2)28-26(34-13-21(30)31)23(29)22(17)24(32)25(27)33/h5-10,12H,4,11,13H2,1-3H3,(H2,27,33)(H,30,31). The molecular formula is C26H25N3O5S. The molecule has 180 valence electrons. The Morgan fingerprint density at radius 2 is 1.89 bits per heavy atom. The molecule has 0 fully saturated rings. The molecule has 8 nitrogen and oxygen atoms in total. The van der Waals surface area contributed by atoms with Crippen molar-refractivity contribution in [3.63, 3.8) is 0 Å². The SMILES string of the molecule is CCc1c(C(=O)C(N)=O)c2c(OCC(=O)O)nc(C)cn2c1Cc1ccccc1-c1ccc(C)s1. The van der Waals surface area contributed by atoms with Gasteiger partial charge in [-0.25, -0.2) is 9.78 Å². The number of ketones is 1. The summed E-state index contributed by atoms with van der Waals surface area (Å²) in [5.74, 6) is -3.17. The van der Waals surface area contributed by atoms with E-state index in [0.29, 0.717) is 24.1 Å².